The molecule has 1 nitrogen and oxygen atoms in total. The number of nitrogens with zero attached hydrogens (tertiary/aromatic N) is 1. The molecule has 0 aromatic heterocycles. The van der Waals surface area contributed by atoms with Gasteiger partial charge in [-0.05, 0) is 24.3 Å². The topological polar surface area (TPSA) is 3.24 Å². The van der Waals surface area contributed by atoms with Gasteiger partial charge in [0.05, 0.1) is 6.04 Å². The fraction of sp³-hybridized carbons (Fsp3) is 0.200. The molecular formula is C15H17N. The van der Waals surface area contributed by atoms with Crippen molar-refractivity contribution in [3.63, 3.8) is 0 Å². The van der Waals surface area contributed by atoms with Crippen LogP contribution >= 0.6 is 0 Å². The number of allylic oxidation sites excluding steroid dienone is 2. The van der Waals surface area contributed by atoms with E-state index in [4.69, 9.17) is 0 Å². The van der Waals surface area contributed by atoms with Crippen molar-refractivity contribution in [3.05, 3.63) is 73.0 Å². The second-order valence-electron chi connectivity index (χ2n) is 3.97. The van der Waals surface area contributed by atoms with Crippen LogP contribution < -0.4 is 0 Å². The van der Waals surface area contributed by atoms with E-state index in [-0.39, 0.29) is 0 Å². The van der Waals surface area contributed by atoms with Crippen LogP contribution in [-0.4, -0.2) is 17.5 Å². The lowest BCUT2D eigenvalue weighted by atomic mass is 10.0. The highest BCUT2D eigenvalue weighted by Crippen LogP contribution is 2.14. The Hall–Kier alpha value is -1.76. The van der Waals surface area contributed by atoms with Crippen molar-refractivity contribution in [1.29, 1.82) is 0 Å². The molecule has 1 aliphatic heterocycles. The van der Waals surface area contributed by atoms with Gasteiger partial charge in [0.1, 0.15) is 0 Å². The fourth-order valence-electron chi connectivity index (χ4n) is 1.96. The number of hydrogen-bond donors (Lipinski definition) is 0. The highest BCUT2D eigenvalue weighted by Gasteiger charge is 2.13. The van der Waals surface area contributed by atoms with E-state index in [9.17, 15) is 0 Å². The smallest absolute Gasteiger partial charge is 0.0514 e. The van der Waals surface area contributed by atoms with Crippen molar-refractivity contribution in [2.75, 3.05) is 6.54 Å². The quantitative estimate of drug-likeness (QED) is 0.691. The minimum atomic E-state index is 0.449. The zero-order chi connectivity index (χ0) is 11.2. The van der Waals surface area contributed by atoms with Gasteiger partial charge in [0.25, 0.3) is 0 Å². The van der Waals surface area contributed by atoms with Crippen LogP contribution in [0.15, 0.2) is 67.4 Å². The molecule has 1 aromatic rings. The van der Waals surface area contributed by atoms with Gasteiger partial charge in [-0.1, -0.05) is 48.6 Å². The number of benzene rings is 1. The van der Waals surface area contributed by atoms with Gasteiger partial charge in [0.2, 0.25) is 0 Å². The minimum absolute atomic E-state index is 0.449. The van der Waals surface area contributed by atoms with Crippen LogP contribution in [-0.2, 0) is 6.42 Å². The Bertz CT molecular complexity index is 389. The summed E-state index contributed by atoms with van der Waals surface area (Å²) in [5.41, 5.74) is 1.38. The molecule has 0 N–H and O–H groups in total. The Balaban J connectivity index is 2.05. The maximum atomic E-state index is 3.80. The molecule has 0 saturated carbocycles. The molecule has 0 spiro atoms. The van der Waals surface area contributed by atoms with Crippen LogP contribution in [0.1, 0.15) is 5.56 Å². The van der Waals surface area contributed by atoms with Gasteiger partial charge in [-0.25, -0.2) is 0 Å². The molecule has 1 unspecified atom stereocenters. The summed E-state index contributed by atoms with van der Waals surface area (Å²) < 4.78 is 0. The van der Waals surface area contributed by atoms with Gasteiger partial charge in [0.15, 0.2) is 0 Å². The van der Waals surface area contributed by atoms with Gasteiger partial charge in [0, 0.05) is 6.54 Å². The van der Waals surface area contributed by atoms with E-state index in [0.29, 0.717) is 6.04 Å². The van der Waals surface area contributed by atoms with Crippen LogP contribution in [0.5, 0.6) is 0 Å². The lowest BCUT2D eigenvalue weighted by molar-refractivity contribution is 0.345. The Morgan fingerprint density at radius 3 is 2.75 bits per heavy atom. The van der Waals surface area contributed by atoms with Gasteiger partial charge in [-0.15, -0.1) is 6.58 Å². The lowest BCUT2D eigenvalue weighted by Gasteiger charge is -2.29. The van der Waals surface area contributed by atoms with E-state index in [1.54, 1.807) is 0 Å². The van der Waals surface area contributed by atoms with Crippen LogP contribution in [0.25, 0.3) is 0 Å². The Kier molecular flexibility index (Phi) is 3.60. The average molecular weight is 211 g/mol. The molecule has 0 fully saturated rings. The molecule has 1 aliphatic rings. The average Bonchev–Trinajstić information content (AvgIpc) is 2.33. The van der Waals surface area contributed by atoms with Gasteiger partial charge < -0.3 is 4.90 Å². The van der Waals surface area contributed by atoms with Crippen LogP contribution in [0, 0.1) is 0 Å². The van der Waals surface area contributed by atoms with Gasteiger partial charge in [-0.2, -0.15) is 0 Å². The molecule has 0 amide bonds. The molecule has 0 bridgehead atoms. The summed E-state index contributed by atoms with van der Waals surface area (Å²) in [7, 11) is 0. The monoisotopic (exact) mass is 211 g/mol. The third-order valence-corrected chi connectivity index (χ3v) is 2.78. The molecule has 2 rings (SSSR count). The largest absolute Gasteiger partial charge is 0.367 e. The first-order valence-electron chi connectivity index (χ1n) is 5.65. The number of rotatable bonds is 4. The molecule has 16 heavy (non-hydrogen) atoms. The summed E-state index contributed by atoms with van der Waals surface area (Å²) in [5, 5.41) is 0. The summed E-state index contributed by atoms with van der Waals surface area (Å²) in [6.07, 6.45) is 11.6. The molecule has 0 radical (unpaired) electrons. The van der Waals surface area contributed by atoms with Crippen molar-refractivity contribution in [3.8, 4) is 0 Å². The fourth-order valence-corrected chi connectivity index (χ4v) is 1.96. The van der Waals surface area contributed by atoms with Crippen LogP contribution in [0.3, 0.4) is 0 Å². The first-order valence-corrected chi connectivity index (χ1v) is 5.65. The summed E-state index contributed by atoms with van der Waals surface area (Å²) in [6.45, 7) is 4.70. The highest BCUT2D eigenvalue weighted by atomic mass is 15.1. The van der Waals surface area contributed by atoms with Crippen molar-refractivity contribution in [2.24, 2.45) is 0 Å². The predicted octanol–water partition coefficient (Wildman–Crippen LogP) is 3.17. The number of hydrogen-bond acceptors (Lipinski definition) is 1. The van der Waals surface area contributed by atoms with Gasteiger partial charge in [-0.3, -0.25) is 0 Å². The van der Waals surface area contributed by atoms with Crippen molar-refractivity contribution < 1.29 is 0 Å². The minimum Gasteiger partial charge on any atom is -0.367 e. The molecule has 1 aromatic carbocycles. The van der Waals surface area contributed by atoms with E-state index in [0.717, 1.165) is 13.0 Å². The predicted molar refractivity (Wildman–Crippen MR) is 69.1 cm³/mol. The standard InChI is InChI=1S/C15H17N/c1-2-11-16-12-7-6-10-15(16)13-14-8-4-3-5-9-14/h2-10,12,15H,1,11,13H2. The molecule has 1 atom stereocenters. The summed E-state index contributed by atoms with van der Waals surface area (Å²) >= 11 is 0. The van der Waals surface area contributed by atoms with Crippen molar-refractivity contribution >= 4 is 0 Å². The molecule has 1 heteroatoms. The van der Waals surface area contributed by atoms with Crippen molar-refractivity contribution in [2.45, 2.75) is 12.5 Å². The summed E-state index contributed by atoms with van der Waals surface area (Å²) in [5.74, 6) is 0. The second-order valence-corrected chi connectivity index (χ2v) is 3.97. The third-order valence-electron chi connectivity index (χ3n) is 2.78. The van der Waals surface area contributed by atoms with Crippen molar-refractivity contribution in [1.82, 2.24) is 4.90 Å². The second kappa shape index (κ2) is 5.36. The SMILES string of the molecule is C=CCN1C=CC=CC1Cc1ccccc1. The van der Waals surface area contributed by atoms with E-state index >= 15 is 0 Å². The maximum Gasteiger partial charge on any atom is 0.0514 e. The third kappa shape index (κ3) is 2.63. The van der Waals surface area contributed by atoms with Gasteiger partial charge >= 0.3 is 0 Å². The Morgan fingerprint density at radius 1 is 1.19 bits per heavy atom. The van der Waals surface area contributed by atoms with Crippen LogP contribution in [0.4, 0.5) is 0 Å². The molecule has 82 valence electrons. The first-order chi connectivity index (χ1) is 7.90. The van der Waals surface area contributed by atoms with E-state index < -0.39 is 0 Å². The Morgan fingerprint density at radius 2 is 2.00 bits per heavy atom. The summed E-state index contributed by atoms with van der Waals surface area (Å²) in [4.78, 5) is 2.31. The molecule has 0 aliphatic carbocycles. The molecular weight excluding hydrogens is 194 g/mol. The zero-order valence-corrected chi connectivity index (χ0v) is 9.42. The molecule has 0 saturated heterocycles. The lowest BCUT2D eigenvalue weighted by Crippen LogP contribution is -2.32. The molecule has 1 heterocycles. The maximum absolute atomic E-state index is 3.80. The summed E-state index contributed by atoms with van der Waals surface area (Å²) in [6, 6.07) is 11.0. The normalized spacial score (nSPS) is 18.8. The highest BCUT2D eigenvalue weighted by molar-refractivity contribution is 5.21. The van der Waals surface area contributed by atoms with E-state index in [2.05, 4.69) is 66.2 Å². The van der Waals surface area contributed by atoms with E-state index in [1.165, 1.54) is 5.56 Å². The van der Waals surface area contributed by atoms with Crippen LogP contribution in [0.2, 0.25) is 0 Å². The zero-order valence-electron chi connectivity index (χ0n) is 9.42. The van der Waals surface area contributed by atoms with E-state index in [1.807, 2.05) is 6.08 Å². The Labute approximate surface area is 97.4 Å². The first kappa shape index (κ1) is 10.7.